The fraction of sp³-hybridized carbons (Fsp3) is 0.357. The van der Waals surface area contributed by atoms with E-state index in [9.17, 15) is 4.21 Å². The maximum Gasteiger partial charge on any atom is 0.240 e. The predicted octanol–water partition coefficient (Wildman–Crippen LogP) is 4.24. The lowest BCUT2D eigenvalue weighted by molar-refractivity contribution is 0.160. The van der Waals surface area contributed by atoms with E-state index in [0.29, 0.717) is 41.1 Å². The van der Waals surface area contributed by atoms with E-state index in [4.69, 9.17) is 27.9 Å². The van der Waals surface area contributed by atoms with Crippen LogP contribution in [0.1, 0.15) is 28.3 Å². The molecule has 3 aromatic rings. The Balaban J connectivity index is 1.31. The number of nitrogens with zero attached hydrogens (tertiary/aromatic N) is 1. The first-order valence-electron chi connectivity index (χ1n) is 12.3. The van der Waals surface area contributed by atoms with Crippen molar-refractivity contribution in [3.8, 4) is 34.5 Å². The molecule has 8 nitrogen and oxygen atoms in total. The highest BCUT2D eigenvalue weighted by Gasteiger charge is 2.34. The molecule has 37 heavy (non-hydrogen) atoms. The van der Waals surface area contributed by atoms with Crippen LogP contribution in [0.3, 0.4) is 0 Å². The number of benzene rings is 3. The Morgan fingerprint density at radius 1 is 0.811 bits per heavy atom. The minimum Gasteiger partial charge on any atom is -0.493 e. The number of rotatable bonds is 6. The molecule has 6 rings (SSSR count). The van der Waals surface area contributed by atoms with Crippen molar-refractivity contribution in [3.63, 3.8) is 0 Å². The molecule has 0 aliphatic carbocycles. The summed E-state index contributed by atoms with van der Waals surface area (Å²) >= 11 is -1.76. The average molecular weight is 524 g/mol. The van der Waals surface area contributed by atoms with Crippen molar-refractivity contribution < 1.29 is 32.1 Å². The van der Waals surface area contributed by atoms with Gasteiger partial charge in [0, 0.05) is 25.2 Å². The van der Waals surface area contributed by atoms with Crippen molar-refractivity contribution in [1.82, 2.24) is 4.90 Å². The summed E-state index contributed by atoms with van der Waals surface area (Å²) in [5, 5.41) is 0. The Labute approximate surface area is 218 Å². The summed E-state index contributed by atoms with van der Waals surface area (Å²) in [4.78, 5) is 2.98. The van der Waals surface area contributed by atoms with Gasteiger partial charge in [-0.3, -0.25) is 4.90 Å². The van der Waals surface area contributed by atoms with Gasteiger partial charge in [0.05, 0.1) is 26.2 Å². The molecule has 0 bridgehead atoms. The first-order valence-corrected chi connectivity index (χ1v) is 13.3. The van der Waals surface area contributed by atoms with Crippen molar-refractivity contribution in [1.29, 1.82) is 0 Å². The summed E-state index contributed by atoms with van der Waals surface area (Å²) in [7, 11) is 4.93. The summed E-state index contributed by atoms with van der Waals surface area (Å²) in [5.74, 6) is 3.72. The van der Waals surface area contributed by atoms with Crippen LogP contribution in [0.5, 0.6) is 34.5 Å². The second-order valence-corrected chi connectivity index (χ2v) is 10.3. The van der Waals surface area contributed by atoms with Crippen LogP contribution in [0, 0.1) is 0 Å². The Morgan fingerprint density at radius 3 is 2.24 bits per heavy atom. The summed E-state index contributed by atoms with van der Waals surface area (Å²) in [6.45, 7) is 2.73. The van der Waals surface area contributed by atoms with E-state index in [0.717, 1.165) is 37.4 Å². The molecule has 3 aromatic carbocycles. The average Bonchev–Trinajstić information content (AvgIpc) is 2.94. The molecule has 3 aliphatic heterocycles. The molecule has 0 aromatic heterocycles. The van der Waals surface area contributed by atoms with Gasteiger partial charge in [-0.2, -0.15) is 0 Å². The number of methoxy groups -OCH3 is 3. The molecule has 3 aliphatic rings. The van der Waals surface area contributed by atoms with Gasteiger partial charge in [-0.1, -0.05) is 0 Å². The minimum absolute atomic E-state index is 0.172. The molecule has 2 unspecified atom stereocenters. The van der Waals surface area contributed by atoms with E-state index < -0.39 is 11.1 Å². The fourth-order valence-corrected chi connectivity index (χ4v) is 6.17. The Kier molecular flexibility index (Phi) is 6.34. The zero-order valence-corrected chi connectivity index (χ0v) is 21.9. The van der Waals surface area contributed by atoms with Crippen LogP contribution in [0.2, 0.25) is 0 Å². The van der Waals surface area contributed by atoms with E-state index in [1.807, 2.05) is 12.1 Å². The van der Waals surface area contributed by atoms with E-state index in [2.05, 4.69) is 17.0 Å². The molecule has 2 atom stereocenters. The van der Waals surface area contributed by atoms with Crippen LogP contribution < -0.4 is 27.9 Å². The third-order valence-corrected chi connectivity index (χ3v) is 8.23. The molecular formula is C28H29NO7S. The first kappa shape index (κ1) is 23.9. The summed E-state index contributed by atoms with van der Waals surface area (Å²) in [6.07, 6.45) is 1.73. The van der Waals surface area contributed by atoms with E-state index in [-0.39, 0.29) is 6.04 Å². The molecule has 3 heterocycles. The lowest BCUT2D eigenvalue weighted by atomic mass is 9.83. The lowest BCUT2D eigenvalue weighted by Gasteiger charge is -2.41. The zero-order chi connectivity index (χ0) is 25.5. The number of hydrogen-bond acceptors (Lipinski definition) is 8. The molecule has 0 saturated carbocycles. The number of ether oxygens (including phenoxy) is 5. The van der Waals surface area contributed by atoms with Crippen LogP contribution in [0.15, 0.2) is 47.4 Å². The maximum atomic E-state index is 13.2. The van der Waals surface area contributed by atoms with Gasteiger partial charge in [-0.25, -0.2) is 4.21 Å². The van der Waals surface area contributed by atoms with E-state index >= 15 is 0 Å². The van der Waals surface area contributed by atoms with Gasteiger partial charge >= 0.3 is 0 Å². The van der Waals surface area contributed by atoms with Gasteiger partial charge in [0.2, 0.25) is 11.1 Å². The Morgan fingerprint density at radius 2 is 1.49 bits per heavy atom. The third-order valence-electron chi connectivity index (χ3n) is 7.26. The van der Waals surface area contributed by atoms with Gasteiger partial charge in [0.15, 0.2) is 34.5 Å². The fourth-order valence-electron chi connectivity index (χ4n) is 5.40. The monoisotopic (exact) mass is 523 g/mol. The van der Waals surface area contributed by atoms with E-state index in [1.165, 1.54) is 22.3 Å². The van der Waals surface area contributed by atoms with Crippen LogP contribution >= 0.6 is 0 Å². The van der Waals surface area contributed by atoms with Gasteiger partial charge in [-0.15, -0.1) is 0 Å². The van der Waals surface area contributed by atoms with Crippen LogP contribution in [0.25, 0.3) is 0 Å². The minimum atomic E-state index is -1.76. The number of hydrogen-bond donors (Lipinski definition) is 0. The van der Waals surface area contributed by atoms with Gasteiger partial charge in [0.25, 0.3) is 0 Å². The largest absolute Gasteiger partial charge is 0.493 e. The van der Waals surface area contributed by atoms with Crippen molar-refractivity contribution in [3.05, 3.63) is 64.7 Å². The standard InChI is InChI=1S/C28H29NO7S/c1-31-24-12-18-10-22-21-15-28(36-37(30)20-4-5-23-27(14-20)35-9-8-34-23)26(33-3)11-17(21)6-7-29(22)16-19(18)13-25(24)32-2/h4-5,11-15,22H,6-10,16H2,1-3H3. The zero-order valence-electron chi connectivity index (χ0n) is 21.1. The normalized spacial score (nSPS) is 18.6. The molecule has 0 spiro atoms. The van der Waals surface area contributed by atoms with Gasteiger partial charge < -0.3 is 27.9 Å². The highest BCUT2D eigenvalue weighted by Crippen LogP contribution is 2.45. The maximum absolute atomic E-state index is 13.2. The molecule has 0 radical (unpaired) electrons. The van der Waals surface area contributed by atoms with E-state index in [1.54, 1.807) is 39.5 Å². The highest BCUT2D eigenvalue weighted by atomic mass is 32.2. The topological polar surface area (TPSA) is 75.7 Å². The lowest BCUT2D eigenvalue weighted by Crippen LogP contribution is -2.39. The second kappa shape index (κ2) is 9.79. The highest BCUT2D eigenvalue weighted by molar-refractivity contribution is 7.80. The predicted molar refractivity (Wildman–Crippen MR) is 138 cm³/mol. The molecule has 194 valence electrons. The number of fused-ring (bicyclic) bond motifs is 5. The van der Waals surface area contributed by atoms with Crippen molar-refractivity contribution >= 4 is 11.1 Å². The van der Waals surface area contributed by atoms with Gasteiger partial charge in [0.1, 0.15) is 13.2 Å². The molecule has 0 amide bonds. The van der Waals surface area contributed by atoms with Crippen molar-refractivity contribution in [2.45, 2.75) is 30.3 Å². The molecule has 0 saturated heterocycles. The smallest absolute Gasteiger partial charge is 0.240 e. The van der Waals surface area contributed by atoms with Crippen LogP contribution in [-0.4, -0.2) is 50.2 Å². The quantitative estimate of drug-likeness (QED) is 0.475. The Hall–Kier alpha value is -3.43. The second-order valence-electron chi connectivity index (χ2n) is 9.24. The SMILES string of the molecule is COc1cc2c(cc1OC)CN1CCc3cc(OC)c(OS(=O)c4ccc5c(c4)OCCO5)cc3C1C2. The molecule has 9 heteroatoms. The molecule has 0 N–H and O–H groups in total. The Bertz CT molecular complexity index is 1380. The summed E-state index contributed by atoms with van der Waals surface area (Å²) in [5.41, 5.74) is 4.88. The summed E-state index contributed by atoms with van der Waals surface area (Å²) in [6, 6.07) is 13.5. The van der Waals surface area contributed by atoms with Crippen molar-refractivity contribution in [2.75, 3.05) is 41.1 Å². The molecule has 0 fully saturated rings. The van der Waals surface area contributed by atoms with Crippen LogP contribution in [-0.2, 0) is 30.5 Å². The molecular weight excluding hydrogens is 494 g/mol. The third kappa shape index (κ3) is 4.36. The summed E-state index contributed by atoms with van der Waals surface area (Å²) < 4.78 is 47.1. The van der Waals surface area contributed by atoms with Crippen LogP contribution in [0.4, 0.5) is 0 Å². The van der Waals surface area contributed by atoms with Gasteiger partial charge in [-0.05, 0) is 71.5 Å². The van der Waals surface area contributed by atoms with Crippen molar-refractivity contribution in [2.24, 2.45) is 0 Å². The first-order chi connectivity index (χ1) is 18.1.